The zero-order chi connectivity index (χ0) is 18.9. The smallest absolute Gasteiger partial charge is 0.241 e. The van der Waals surface area contributed by atoms with Crippen LogP contribution in [0.5, 0.6) is 23.0 Å². The summed E-state index contributed by atoms with van der Waals surface area (Å²) in [5, 5.41) is 2.60. The van der Waals surface area contributed by atoms with Gasteiger partial charge in [-0.3, -0.25) is 4.79 Å². The number of benzene rings is 2. The molecule has 4 rings (SSSR count). The molecule has 0 aromatic heterocycles. The number of amides is 1. The first-order valence-corrected chi connectivity index (χ1v) is 9.58. The van der Waals surface area contributed by atoms with Gasteiger partial charge in [-0.2, -0.15) is 0 Å². The van der Waals surface area contributed by atoms with E-state index >= 15 is 0 Å². The molecule has 10 heteroatoms. The van der Waals surface area contributed by atoms with Crippen molar-refractivity contribution in [2.24, 2.45) is 0 Å². The third kappa shape index (κ3) is 3.76. The molecule has 0 aliphatic carbocycles. The van der Waals surface area contributed by atoms with Crippen molar-refractivity contribution in [3.63, 3.8) is 0 Å². The summed E-state index contributed by atoms with van der Waals surface area (Å²) in [6.45, 7) is 0.465. The molecule has 9 nitrogen and oxygen atoms in total. The topological polar surface area (TPSA) is 112 Å². The molecule has 0 radical (unpaired) electrons. The van der Waals surface area contributed by atoms with Gasteiger partial charge in [0.15, 0.2) is 23.0 Å². The lowest BCUT2D eigenvalue weighted by Gasteiger charge is -2.18. The maximum Gasteiger partial charge on any atom is 0.241 e. The van der Waals surface area contributed by atoms with Crippen molar-refractivity contribution in [3.05, 3.63) is 36.4 Å². The first-order chi connectivity index (χ1) is 13.0. The van der Waals surface area contributed by atoms with Crippen LogP contribution in [0.3, 0.4) is 0 Å². The molecule has 0 spiro atoms. The van der Waals surface area contributed by atoms with Gasteiger partial charge in [-0.15, -0.1) is 0 Å². The van der Waals surface area contributed by atoms with E-state index in [1.807, 2.05) is 0 Å². The van der Waals surface area contributed by atoms with Crippen LogP contribution < -0.4 is 29.0 Å². The van der Waals surface area contributed by atoms with Crippen LogP contribution in [0.4, 0.5) is 5.69 Å². The van der Waals surface area contributed by atoms with Crippen molar-refractivity contribution in [1.82, 2.24) is 4.72 Å². The van der Waals surface area contributed by atoms with Gasteiger partial charge in [0, 0.05) is 17.8 Å². The molecule has 2 aliphatic heterocycles. The average molecular weight is 392 g/mol. The Bertz CT molecular complexity index is 991. The standard InChI is InChI=1S/C17H16N2O7S/c20-17(19-11-1-3-14-15(7-11)26-10-25-14)9-18-27(21,22)12-2-4-13-16(8-12)24-6-5-23-13/h1-4,7-8,18H,5-6,9-10H2,(H,19,20). The molecule has 0 bridgehead atoms. The van der Waals surface area contributed by atoms with Crippen LogP contribution in [-0.4, -0.2) is 40.9 Å². The molecule has 2 aromatic carbocycles. The monoisotopic (exact) mass is 392 g/mol. The Morgan fingerprint density at radius 2 is 1.56 bits per heavy atom. The van der Waals surface area contributed by atoms with Crippen molar-refractivity contribution in [3.8, 4) is 23.0 Å². The second kappa shape index (κ2) is 6.97. The fourth-order valence-corrected chi connectivity index (χ4v) is 3.61. The van der Waals surface area contributed by atoms with Gasteiger partial charge >= 0.3 is 0 Å². The van der Waals surface area contributed by atoms with Crippen molar-refractivity contribution in [2.75, 3.05) is 31.9 Å². The summed E-state index contributed by atoms with van der Waals surface area (Å²) in [6.07, 6.45) is 0. The molecule has 27 heavy (non-hydrogen) atoms. The third-order valence-corrected chi connectivity index (χ3v) is 5.30. The first kappa shape index (κ1) is 17.4. The van der Waals surface area contributed by atoms with Gasteiger partial charge in [0.2, 0.25) is 22.7 Å². The van der Waals surface area contributed by atoms with Gasteiger partial charge in [0.1, 0.15) is 13.2 Å². The number of carbonyl (C=O) groups excluding carboxylic acids is 1. The number of carbonyl (C=O) groups is 1. The quantitative estimate of drug-likeness (QED) is 0.784. The summed E-state index contributed by atoms with van der Waals surface area (Å²) in [6, 6.07) is 9.20. The maximum atomic E-state index is 12.4. The largest absolute Gasteiger partial charge is 0.486 e. The second-order valence-electron chi connectivity index (χ2n) is 5.75. The minimum absolute atomic E-state index is 0.0115. The molecule has 0 saturated carbocycles. The molecular weight excluding hydrogens is 376 g/mol. The number of hydrogen-bond donors (Lipinski definition) is 2. The molecule has 0 unspecified atom stereocenters. The van der Waals surface area contributed by atoms with Crippen molar-refractivity contribution < 1.29 is 32.2 Å². The Balaban J connectivity index is 1.39. The van der Waals surface area contributed by atoms with Gasteiger partial charge in [-0.25, -0.2) is 13.1 Å². The van der Waals surface area contributed by atoms with Crippen LogP contribution in [0.25, 0.3) is 0 Å². The average Bonchev–Trinajstić information content (AvgIpc) is 3.14. The minimum atomic E-state index is -3.88. The van der Waals surface area contributed by atoms with Crippen LogP contribution in [0.2, 0.25) is 0 Å². The molecule has 1 amide bonds. The zero-order valence-electron chi connectivity index (χ0n) is 14.1. The summed E-state index contributed by atoms with van der Waals surface area (Å²) in [4.78, 5) is 12.1. The van der Waals surface area contributed by atoms with E-state index in [4.69, 9.17) is 18.9 Å². The highest BCUT2D eigenvalue weighted by Crippen LogP contribution is 2.34. The number of hydrogen-bond acceptors (Lipinski definition) is 7. The number of nitrogens with one attached hydrogen (secondary N) is 2. The van der Waals surface area contributed by atoms with Crippen molar-refractivity contribution >= 4 is 21.6 Å². The van der Waals surface area contributed by atoms with Crippen LogP contribution in [0, 0.1) is 0 Å². The molecule has 2 aromatic rings. The zero-order valence-corrected chi connectivity index (χ0v) is 14.9. The summed E-state index contributed by atoms with van der Waals surface area (Å²) in [5.41, 5.74) is 0.475. The molecule has 2 N–H and O–H groups in total. The van der Waals surface area contributed by atoms with Gasteiger partial charge in [-0.1, -0.05) is 0 Å². The molecule has 0 atom stereocenters. The predicted octanol–water partition coefficient (Wildman–Crippen LogP) is 1.10. The summed E-state index contributed by atoms with van der Waals surface area (Å²) >= 11 is 0. The Labute approximate surface area is 155 Å². The maximum absolute atomic E-state index is 12.4. The molecule has 2 heterocycles. The van der Waals surface area contributed by atoms with Gasteiger partial charge in [-0.05, 0) is 24.3 Å². The van der Waals surface area contributed by atoms with Gasteiger partial charge < -0.3 is 24.3 Å². The van der Waals surface area contributed by atoms with Crippen molar-refractivity contribution in [1.29, 1.82) is 0 Å². The van der Waals surface area contributed by atoms with E-state index in [9.17, 15) is 13.2 Å². The second-order valence-corrected chi connectivity index (χ2v) is 7.51. The fourth-order valence-electron chi connectivity index (χ4n) is 2.61. The number of sulfonamides is 1. The fraction of sp³-hybridized carbons (Fsp3) is 0.235. The van der Waals surface area contributed by atoms with E-state index in [0.29, 0.717) is 41.9 Å². The van der Waals surface area contributed by atoms with E-state index in [2.05, 4.69) is 10.0 Å². The van der Waals surface area contributed by atoms with E-state index in [0.717, 1.165) is 0 Å². The lowest BCUT2D eigenvalue weighted by Crippen LogP contribution is -2.33. The van der Waals surface area contributed by atoms with E-state index in [1.165, 1.54) is 18.2 Å². The van der Waals surface area contributed by atoms with E-state index < -0.39 is 22.5 Å². The van der Waals surface area contributed by atoms with Crippen molar-refractivity contribution in [2.45, 2.75) is 4.90 Å². The van der Waals surface area contributed by atoms with Crippen LogP contribution in [0.15, 0.2) is 41.3 Å². The highest BCUT2D eigenvalue weighted by atomic mass is 32.2. The number of anilines is 1. The third-order valence-electron chi connectivity index (χ3n) is 3.90. The summed E-state index contributed by atoms with van der Waals surface area (Å²) < 4.78 is 48.2. The number of rotatable bonds is 5. The van der Waals surface area contributed by atoms with Gasteiger partial charge in [0.05, 0.1) is 11.4 Å². The van der Waals surface area contributed by atoms with E-state index in [-0.39, 0.29) is 11.7 Å². The first-order valence-electron chi connectivity index (χ1n) is 8.10. The molecule has 0 saturated heterocycles. The summed E-state index contributed by atoms with van der Waals surface area (Å²) in [5.74, 6) is 1.43. The highest BCUT2D eigenvalue weighted by Gasteiger charge is 2.20. The number of ether oxygens (including phenoxy) is 4. The SMILES string of the molecule is O=C(CNS(=O)(=O)c1ccc2c(c1)OCCO2)Nc1ccc2c(c1)OCO2. The molecule has 0 fully saturated rings. The Kier molecular flexibility index (Phi) is 4.50. The van der Waals surface area contributed by atoms with Crippen LogP contribution >= 0.6 is 0 Å². The normalized spacial score (nSPS) is 14.7. The number of fused-ring (bicyclic) bond motifs is 2. The summed E-state index contributed by atoms with van der Waals surface area (Å²) in [7, 11) is -3.88. The lowest BCUT2D eigenvalue weighted by atomic mass is 10.3. The van der Waals surface area contributed by atoms with Crippen LogP contribution in [-0.2, 0) is 14.8 Å². The predicted molar refractivity (Wildman–Crippen MR) is 93.8 cm³/mol. The molecular formula is C17H16N2O7S. The lowest BCUT2D eigenvalue weighted by molar-refractivity contribution is -0.115. The minimum Gasteiger partial charge on any atom is -0.486 e. The highest BCUT2D eigenvalue weighted by molar-refractivity contribution is 7.89. The Morgan fingerprint density at radius 1 is 0.889 bits per heavy atom. The Morgan fingerprint density at radius 3 is 2.41 bits per heavy atom. The van der Waals surface area contributed by atoms with Gasteiger partial charge in [0.25, 0.3) is 0 Å². The Hall–Kier alpha value is -2.98. The van der Waals surface area contributed by atoms with E-state index in [1.54, 1.807) is 18.2 Å². The molecule has 2 aliphatic rings. The van der Waals surface area contributed by atoms with Crippen LogP contribution in [0.1, 0.15) is 0 Å². The molecule has 142 valence electrons.